The summed E-state index contributed by atoms with van der Waals surface area (Å²) < 4.78 is 14.0. The molecule has 6 nitrogen and oxygen atoms in total. The number of fused-ring (bicyclic) bond motifs is 1. The van der Waals surface area contributed by atoms with Gasteiger partial charge in [0.05, 0.1) is 26.9 Å². The molecule has 1 aromatic heterocycles. The molecule has 1 heterocycles. The minimum atomic E-state index is -0.207. The van der Waals surface area contributed by atoms with Crippen LogP contribution >= 0.6 is 22.6 Å². The lowest BCUT2D eigenvalue weighted by Crippen LogP contribution is -2.19. The van der Waals surface area contributed by atoms with E-state index >= 15 is 0 Å². The van der Waals surface area contributed by atoms with Crippen molar-refractivity contribution in [2.45, 2.75) is 13.0 Å². The zero-order valence-corrected chi connectivity index (χ0v) is 20.6. The normalized spacial score (nSPS) is 11.1. The van der Waals surface area contributed by atoms with Crippen LogP contribution in [0.3, 0.4) is 0 Å². The average molecular weight is 553 g/mol. The molecule has 168 valence electrons. The van der Waals surface area contributed by atoms with Crippen molar-refractivity contribution in [1.29, 1.82) is 0 Å². The molecule has 0 bridgehead atoms. The Labute approximate surface area is 206 Å². The third-order valence-electron chi connectivity index (χ3n) is 5.29. The fourth-order valence-corrected chi connectivity index (χ4v) is 4.04. The summed E-state index contributed by atoms with van der Waals surface area (Å²) in [5.41, 5.74) is 6.73. The highest BCUT2D eigenvalue weighted by molar-refractivity contribution is 14.1. The number of benzene rings is 3. The molecule has 4 rings (SSSR count). The molecule has 0 atom stereocenters. The first kappa shape index (κ1) is 22.8. The average Bonchev–Trinajstić information content (AvgIpc) is 3.18. The van der Waals surface area contributed by atoms with Crippen molar-refractivity contribution < 1.29 is 14.3 Å². The number of ether oxygens (including phenoxy) is 2. The van der Waals surface area contributed by atoms with Gasteiger partial charge in [-0.15, -0.1) is 0 Å². The van der Waals surface area contributed by atoms with Gasteiger partial charge in [-0.05, 0) is 64.0 Å². The van der Waals surface area contributed by atoms with Gasteiger partial charge in [0.15, 0.2) is 11.5 Å². The SMILES string of the molecule is COc1ccc(CC(=O)N/N=C/c2cn(Cc3ccc(I)cc3)c3ccccc23)cc1OC. The van der Waals surface area contributed by atoms with Crippen molar-refractivity contribution in [2.75, 3.05) is 14.2 Å². The van der Waals surface area contributed by atoms with Crippen molar-refractivity contribution in [3.8, 4) is 11.5 Å². The molecule has 0 saturated heterocycles. The van der Waals surface area contributed by atoms with Crippen LogP contribution in [0.25, 0.3) is 10.9 Å². The molecule has 0 spiro atoms. The molecule has 0 fully saturated rings. The van der Waals surface area contributed by atoms with Crippen molar-refractivity contribution in [1.82, 2.24) is 9.99 Å². The van der Waals surface area contributed by atoms with Crippen LogP contribution in [-0.4, -0.2) is 30.9 Å². The Balaban J connectivity index is 1.47. The van der Waals surface area contributed by atoms with Crippen LogP contribution in [0.1, 0.15) is 16.7 Å². The molecule has 7 heteroatoms. The van der Waals surface area contributed by atoms with E-state index in [1.165, 1.54) is 9.13 Å². The van der Waals surface area contributed by atoms with E-state index in [0.717, 1.165) is 28.6 Å². The summed E-state index contributed by atoms with van der Waals surface area (Å²) in [6.07, 6.45) is 3.94. The van der Waals surface area contributed by atoms with Gasteiger partial charge in [-0.25, -0.2) is 5.43 Å². The third-order valence-corrected chi connectivity index (χ3v) is 6.01. The van der Waals surface area contributed by atoms with E-state index < -0.39 is 0 Å². The molecule has 0 aliphatic rings. The Morgan fingerprint density at radius 1 is 1.00 bits per heavy atom. The quantitative estimate of drug-likeness (QED) is 0.190. The number of hydrazone groups is 1. The highest BCUT2D eigenvalue weighted by Crippen LogP contribution is 2.27. The maximum Gasteiger partial charge on any atom is 0.244 e. The molecule has 4 aromatic rings. The van der Waals surface area contributed by atoms with Crippen LogP contribution in [0, 0.1) is 3.57 Å². The van der Waals surface area contributed by atoms with E-state index in [1.54, 1.807) is 32.6 Å². The molecule has 0 aliphatic heterocycles. The first-order valence-corrected chi connectivity index (χ1v) is 11.5. The van der Waals surface area contributed by atoms with Crippen molar-refractivity contribution in [3.63, 3.8) is 0 Å². The second kappa shape index (κ2) is 10.5. The predicted molar refractivity (Wildman–Crippen MR) is 139 cm³/mol. The topological polar surface area (TPSA) is 64.8 Å². The van der Waals surface area contributed by atoms with Gasteiger partial charge in [0, 0.05) is 32.8 Å². The van der Waals surface area contributed by atoms with Crippen molar-refractivity contribution in [3.05, 3.63) is 93.2 Å². The molecular formula is C26H24IN3O3. The number of para-hydroxylation sites is 1. The summed E-state index contributed by atoms with van der Waals surface area (Å²) >= 11 is 2.31. The number of carbonyl (C=O) groups excluding carboxylic acids is 1. The summed E-state index contributed by atoms with van der Waals surface area (Å²) in [6, 6.07) is 22.1. The first-order valence-electron chi connectivity index (χ1n) is 10.4. The fourth-order valence-electron chi connectivity index (χ4n) is 3.68. The smallest absolute Gasteiger partial charge is 0.244 e. The molecule has 0 radical (unpaired) electrons. The van der Waals surface area contributed by atoms with Crippen LogP contribution in [0.15, 0.2) is 78.0 Å². The minimum Gasteiger partial charge on any atom is -0.493 e. The largest absolute Gasteiger partial charge is 0.493 e. The first-order chi connectivity index (χ1) is 16.1. The maximum atomic E-state index is 12.4. The Kier molecular flexibility index (Phi) is 7.29. The van der Waals surface area contributed by atoms with E-state index in [4.69, 9.17) is 9.47 Å². The zero-order chi connectivity index (χ0) is 23.2. The Morgan fingerprint density at radius 2 is 1.73 bits per heavy atom. The van der Waals surface area contributed by atoms with Gasteiger partial charge in [-0.2, -0.15) is 5.10 Å². The number of rotatable bonds is 8. The molecule has 0 saturated carbocycles. The third kappa shape index (κ3) is 5.54. The maximum absolute atomic E-state index is 12.4. The number of nitrogens with one attached hydrogen (secondary N) is 1. The van der Waals surface area contributed by atoms with Gasteiger partial charge in [0.1, 0.15) is 0 Å². The highest BCUT2D eigenvalue weighted by atomic mass is 127. The van der Waals surface area contributed by atoms with Gasteiger partial charge in [0.2, 0.25) is 5.91 Å². The van der Waals surface area contributed by atoms with Crippen LogP contribution in [0.4, 0.5) is 0 Å². The van der Waals surface area contributed by atoms with Crippen LogP contribution < -0.4 is 14.9 Å². The molecular weight excluding hydrogens is 529 g/mol. The second-order valence-electron chi connectivity index (χ2n) is 7.52. The Bertz CT molecular complexity index is 1300. The Morgan fingerprint density at radius 3 is 2.48 bits per heavy atom. The molecule has 1 N–H and O–H groups in total. The van der Waals surface area contributed by atoms with E-state index in [1.807, 2.05) is 18.2 Å². The molecule has 33 heavy (non-hydrogen) atoms. The lowest BCUT2D eigenvalue weighted by molar-refractivity contribution is -0.120. The fraction of sp³-hybridized carbons (Fsp3) is 0.154. The lowest BCUT2D eigenvalue weighted by atomic mass is 10.1. The van der Waals surface area contributed by atoms with Crippen molar-refractivity contribution >= 4 is 45.6 Å². The summed E-state index contributed by atoms with van der Waals surface area (Å²) in [4.78, 5) is 12.4. The minimum absolute atomic E-state index is 0.187. The number of hydrogen-bond donors (Lipinski definition) is 1. The number of aromatic nitrogens is 1. The number of hydrogen-bond acceptors (Lipinski definition) is 4. The van der Waals surface area contributed by atoms with Crippen LogP contribution in [-0.2, 0) is 17.8 Å². The van der Waals surface area contributed by atoms with Crippen LogP contribution in [0.2, 0.25) is 0 Å². The van der Waals surface area contributed by atoms with Gasteiger partial charge >= 0.3 is 0 Å². The van der Waals surface area contributed by atoms with Gasteiger partial charge in [0.25, 0.3) is 0 Å². The molecule has 3 aromatic carbocycles. The van der Waals surface area contributed by atoms with Gasteiger partial charge < -0.3 is 14.0 Å². The standard InChI is InChI=1S/C26H24IN3O3/c1-32-24-12-9-19(13-25(24)33-2)14-26(31)29-28-15-20-17-30(23-6-4-3-5-22(20)23)16-18-7-10-21(27)11-8-18/h3-13,15,17H,14,16H2,1-2H3,(H,29,31)/b28-15+. The number of methoxy groups -OCH3 is 2. The second-order valence-corrected chi connectivity index (χ2v) is 8.76. The van der Waals surface area contributed by atoms with Crippen LogP contribution in [0.5, 0.6) is 11.5 Å². The van der Waals surface area contributed by atoms with Gasteiger partial charge in [-0.3, -0.25) is 4.79 Å². The lowest BCUT2D eigenvalue weighted by Gasteiger charge is -2.09. The predicted octanol–water partition coefficient (Wildman–Crippen LogP) is 5.00. The Hall–Kier alpha value is -3.33. The number of amides is 1. The van der Waals surface area contributed by atoms with E-state index in [-0.39, 0.29) is 12.3 Å². The molecule has 0 aliphatic carbocycles. The molecule has 0 unspecified atom stereocenters. The van der Waals surface area contributed by atoms with E-state index in [9.17, 15) is 4.79 Å². The van der Waals surface area contributed by atoms with Gasteiger partial charge in [-0.1, -0.05) is 36.4 Å². The highest BCUT2D eigenvalue weighted by Gasteiger charge is 2.09. The summed E-state index contributed by atoms with van der Waals surface area (Å²) in [6.45, 7) is 0.761. The number of carbonyl (C=O) groups is 1. The molecule has 1 amide bonds. The zero-order valence-electron chi connectivity index (χ0n) is 18.4. The van der Waals surface area contributed by atoms with E-state index in [2.05, 4.69) is 80.3 Å². The van der Waals surface area contributed by atoms with E-state index in [0.29, 0.717) is 11.5 Å². The van der Waals surface area contributed by atoms with Crippen molar-refractivity contribution in [2.24, 2.45) is 5.10 Å². The number of nitrogens with zero attached hydrogens (tertiary/aromatic N) is 2. The number of halogens is 1. The monoisotopic (exact) mass is 553 g/mol. The summed E-state index contributed by atoms with van der Waals surface area (Å²) in [5, 5.41) is 5.29. The summed E-state index contributed by atoms with van der Waals surface area (Å²) in [7, 11) is 3.15. The summed E-state index contributed by atoms with van der Waals surface area (Å²) in [5.74, 6) is 1.01.